The molecule has 3 heterocycles. The van der Waals surface area contributed by atoms with E-state index in [0.29, 0.717) is 0 Å². The van der Waals surface area contributed by atoms with Crippen LogP contribution in [0.5, 0.6) is 0 Å². The molecule has 0 aliphatic carbocycles. The maximum Gasteiger partial charge on any atom is 0.388 e. The number of carbonyl (C=O) groups excluding carboxylic acids is 2. The van der Waals surface area contributed by atoms with Crippen LogP contribution >= 0.6 is 7.60 Å². The van der Waals surface area contributed by atoms with Crippen LogP contribution in [0.4, 0.5) is 4.39 Å². The normalized spacial score (nSPS) is 21.6. The van der Waals surface area contributed by atoms with Crippen molar-refractivity contribution in [1.29, 1.82) is 0 Å². The van der Waals surface area contributed by atoms with E-state index in [1.807, 2.05) is 4.98 Å². The zero-order valence-electron chi connectivity index (χ0n) is 23.3. The summed E-state index contributed by atoms with van der Waals surface area (Å²) in [6, 6.07) is 0.996. The number of rotatable bonds is 10. The number of ether oxygens (including phenoxy) is 3. The predicted molar refractivity (Wildman–Crippen MR) is 136 cm³/mol. The molecule has 0 amide bonds. The van der Waals surface area contributed by atoms with E-state index in [0.717, 1.165) is 27.7 Å². The van der Waals surface area contributed by atoms with Gasteiger partial charge in [0.05, 0.1) is 23.6 Å². The highest BCUT2D eigenvalue weighted by atomic mass is 31.2. The van der Waals surface area contributed by atoms with Crippen molar-refractivity contribution in [1.82, 2.24) is 24.5 Å². The van der Waals surface area contributed by atoms with Gasteiger partial charge in [-0.2, -0.15) is 0 Å². The van der Waals surface area contributed by atoms with Crippen LogP contribution in [0.1, 0.15) is 47.8 Å². The zero-order valence-corrected chi connectivity index (χ0v) is 24.2. The van der Waals surface area contributed by atoms with Crippen molar-refractivity contribution in [3.63, 3.8) is 0 Å². The molecular weight excluding hydrogens is 572 g/mol. The third-order valence-corrected chi connectivity index (χ3v) is 7.30. The fraction of sp³-hybridized carbons (Fsp3) is 0.652. The summed E-state index contributed by atoms with van der Waals surface area (Å²) in [6.07, 6.45) is -4.41. The van der Waals surface area contributed by atoms with Crippen molar-refractivity contribution in [2.75, 3.05) is 13.6 Å². The molecule has 228 valence electrons. The van der Waals surface area contributed by atoms with Crippen LogP contribution in [0.15, 0.2) is 28.0 Å². The average Bonchev–Trinajstić information content (AvgIpc) is 3.44. The van der Waals surface area contributed by atoms with Crippen LogP contribution in [0, 0.1) is 10.8 Å². The van der Waals surface area contributed by atoms with Gasteiger partial charge in [0.1, 0.15) is 12.2 Å². The lowest BCUT2D eigenvalue weighted by molar-refractivity contribution is -0.161. The van der Waals surface area contributed by atoms with E-state index in [-0.39, 0.29) is 12.0 Å². The van der Waals surface area contributed by atoms with Gasteiger partial charge in [-0.15, -0.1) is 5.10 Å². The summed E-state index contributed by atoms with van der Waals surface area (Å²) in [4.78, 5) is 49.5. The molecule has 2 aromatic rings. The molecule has 2 N–H and O–H groups in total. The summed E-state index contributed by atoms with van der Waals surface area (Å²) in [7, 11) is -4.42. The SMILES string of the molecule is CC(C)(C)C(=O)OCOP(=O)(OCOC(=O)C(C)(C)C)c1cn(C[C@H]2O[C@@H](n3ccc(=O)[nH]c3=O)C(F)C2O)nn1. The first-order chi connectivity index (χ1) is 18.9. The van der Waals surface area contributed by atoms with Crippen LogP contribution in [0.2, 0.25) is 0 Å². The van der Waals surface area contributed by atoms with E-state index in [4.69, 9.17) is 23.3 Å². The molecule has 0 radical (unpaired) electrons. The molecule has 3 rings (SSSR count). The number of nitrogens with one attached hydrogen (secondary N) is 1. The van der Waals surface area contributed by atoms with Gasteiger partial charge < -0.3 is 19.3 Å². The first-order valence-electron chi connectivity index (χ1n) is 12.4. The summed E-state index contributed by atoms with van der Waals surface area (Å²) in [5.41, 5.74) is -3.77. The fourth-order valence-corrected chi connectivity index (χ4v) is 4.44. The average molecular weight is 606 g/mol. The van der Waals surface area contributed by atoms with Gasteiger partial charge in [0.2, 0.25) is 13.6 Å². The Hall–Kier alpha value is -3.24. The molecule has 16 nitrogen and oxygen atoms in total. The molecule has 1 fully saturated rings. The quantitative estimate of drug-likeness (QED) is 0.214. The predicted octanol–water partition coefficient (Wildman–Crippen LogP) is 0.370. The Labute approximate surface area is 233 Å². The van der Waals surface area contributed by atoms with Gasteiger partial charge >= 0.3 is 25.2 Å². The van der Waals surface area contributed by atoms with Gasteiger partial charge in [-0.05, 0) is 41.5 Å². The molecule has 1 aliphatic heterocycles. The third kappa shape index (κ3) is 7.95. The highest BCUT2D eigenvalue weighted by Crippen LogP contribution is 2.46. The summed E-state index contributed by atoms with van der Waals surface area (Å²) < 4.78 is 56.3. The minimum absolute atomic E-state index is 0.318. The van der Waals surface area contributed by atoms with Crippen molar-refractivity contribution in [2.45, 2.75) is 72.7 Å². The molecule has 0 spiro atoms. The van der Waals surface area contributed by atoms with Crippen LogP contribution in [-0.2, 0) is 44.0 Å². The van der Waals surface area contributed by atoms with Crippen LogP contribution in [0.3, 0.4) is 0 Å². The Morgan fingerprint density at radius 1 is 1.10 bits per heavy atom. The van der Waals surface area contributed by atoms with E-state index in [1.165, 1.54) is 0 Å². The maximum absolute atomic E-state index is 14.8. The van der Waals surface area contributed by atoms with Crippen molar-refractivity contribution in [2.24, 2.45) is 10.8 Å². The van der Waals surface area contributed by atoms with Gasteiger partial charge in [0.25, 0.3) is 5.56 Å². The van der Waals surface area contributed by atoms with Crippen molar-refractivity contribution in [3.05, 3.63) is 39.3 Å². The number of halogens is 1. The number of hydrogen-bond acceptors (Lipinski definition) is 13. The molecule has 18 heteroatoms. The molecule has 0 saturated carbocycles. The third-order valence-electron chi connectivity index (χ3n) is 5.64. The molecular formula is C23H33FN5O11P. The second kappa shape index (κ2) is 12.3. The first-order valence-corrected chi connectivity index (χ1v) is 13.9. The number of alkyl halides is 1. The van der Waals surface area contributed by atoms with Crippen molar-refractivity contribution in [3.8, 4) is 0 Å². The van der Waals surface area contributed by atoms with Crippen molar-refractivity contribution < 1.29 is 46.9 Å². The molecule has 0 bridgehead atoms. The number of aliphatic hydroxyl groups excluding tert-OH is 1. The lowest BCUT2D eigenvalue weighted by Crippen LogP contribution is -2.35. The lowest BCUT2D eigenvalue weighted by Gasteiger charge is -2.20. The second-order valence-corrected chi connectivity index (χ2v) is 13.1. The highest BCUT2D eigenvalue weighted by molar-refractivity contribution is 7.61. The smallest absolute Gasteiger partial charge is 0.388 e. The molecule has 2 aromatic heterocycles. The Morgan fingerprint density at radius 2 is 1.66 bits per heavy atom. The highest BCUT2D eigenvalue weighted by Gasteiger charge is 2.46. The minimum Gasteiger partial charge on any atom is -0.438 e. The van der Waals surface area contributed by atoms with Crippen LogP contribution in [0.25, 0.3) is 0 Å². The second-order valence-electron chi connectivity index (χ2n) is 11.2. The van der Waals surface area contributed by atoms with E-state index in [2.05, 4.69) is 10.3 Å². The largest absolute Gasteiger partial charge is 0.438 e. The summed E-state index contributed by atoms with van der Waals surface area (Å²) >= 11 is 0. The monoisotopic (exact) mass is 605 g/mol. The van der Waals surface area contributed by atoms with E-state index in [1.54, 1.807) is 41.5 Å². The van der Waals surface area contributed by atoms with Gasteiger partial charge in [-0.1, -0.05) is 5.21 Å². The Bertz CT molecular complexity index is 1370. The topological polar surface area (TPSA) is 203 Å². The molecule has 0 aromatic carbocycles. The Kier molecular flexibility index (Phi) is 9.70. The minimum atomic E-state index is -4.42. The van der Waals surface area contributed by atoms with E-state index < -0.39 is 79.8 Å². The molecule has 4 atom stereocenters. The summed E-state index contributed by atoms with van der Waals surface area (Å²) in [5, 5.41) is 17.9. The zero-order chi connectivity index (χ0) is 30.8. The molecule has 41 heavy (non-hydrogen) atoms. The number of H-pyrrole nitrogens is 1. The first kappa shape index (κ1) is 32.3. The van der Waals surface area contributed by atoms with Gasteiger partial charge in [-0.3, -0.25) is 37.5 Å². The standard InChI is InChI=1S/C23H33FN5O11P/c1-22(2,3)19(32)36-11-38-41(35,39-12-37-20(33)23(4,5)6)15-10-28(27-26-15)9-13-17(31)16(24)18(40-13)29-8-7-14(30)25-21(29)34/h7-8,10,13,16-18,31H,9,11-12H2,1-6H3,(H,25,30,34)/t13-,16?,17?,18-/m1/s1. The Balaban J connectivity index is 1.75. The Morgan fingerprint density at radius 3 is 2.17 bits per heavy atom. The summed E-state index contributed by atoms with van der Waals surface area (Å²) in [5.74, 6) is -1.31. The maximum atomic E-state index is 14.8. The van der Waals surface area contributed by atoms with Gasteiger partial charge in [0, 0.05) is 12.3 Å². The lowest BCUT2D eigenvalue weighted by atomic mass is 9.98. The van der Waals surface area contributed by atoms with Crippen LogP contribution in [-0.4, -0.2) is 73.6 Å². The fourth-order valence-electron chi connectivity index (χ4n) is 3.29. The van der Waals surface area contributed by atoms with Crippen molar-refractivity contribution >= 4 is 25.0 Å². The molecule has 1 aliphatic rings. The van der Waals surface area contributed by atoms with Gasteiger partial charge in [-0.25, -0.2) is 13.9 Å². The molecule has 1 saturated heterocycles. The number of esters is 2. The molecule has 2 unspecified atom stereocenters. The number of hydrogen-bond donors (Lipinski definition) is 2. The van der Waals surface area contributed by atoms with E-state index in [9.17, 15) is 33.2 Å². The number of nitrogens with zero attached hydrogens (tertiary/aromatic N) is 4. The van der Waals surface area contributed by atoms with Gasteiger partial charge in [0.15, 0.2) is 17.8 Å². The number of aliphatic hydroxyl groups is 1. The van der Waals surface area contributed by atoms with E-state index >= 15 is 0 Å². The number of carbonyl (C=O) groups is 2. The van der Waals surface area contributed by atoms with Crippen LogP contribution < -0.4 is 16.7 Å². The number of aromatic nitrogens is 5. The summed E-state index contributed by atoms with van der Waals surface area (Å²) in [6.45, 7) is 7.69. The number of aromatic amines is 1.